The van der Waals surface area contributed by atoms with Gasteiger partial charge in [-0.2, -0.15) is 4.31 Å². The number of benzene rings is 1. The summed E-state index contributed by atoms with van der Waals surface area (Å²) in [5, 5.41) is 8.89. The van der Waals surface area contributed by atoms with E-state index in [1.807, 2.05) is 4.90 Å². The summed E-state index contributed by atoms with van der Waals surface area (Å²) in [4.78, 5) is 2.02. The number of hydrogen-bond acceptors (Lipinski definition) is 5. The van der Waals surface area contributed by atoms with E-state index in [4.69, 9.17) is 10.8 Å². The molecule has 1 saturated heterocycles. The Kier molecular flexibility index (Phi) is 4.82. The van der Waals surface area contributed by atoms with Gasteiger partial charge in [-0.05, 0) is 24.6 Å². The molecule has 0 saturated carbocycles. The summed E-state index contributed by atoms with van der Waals surface area (Å²) in [5.41, 5.74) is 5.57. The molecule has 0 aliphatic carbocycles. The molecule has 6 nitrogen and oxygen atoms in total. The van der Waals surface area contributed by atoms with Crippen LogP contribution in [0.2, 0.25) is 0 Å². The predicted octanol–water partition coefficient (Wildman–Crippen LogP) is 0.0149. The van der Waals surface area contributed by atoms with Gasteiger partial charge in [-0.25, -0.2) is 12.8 Å². The molecule has 0 amide bonds. The highest BCUT2D eigenvalue weighted by Gasteiger charge is 2.29. The van der Waals surface area contributed by atoms with Crippen LogP contribution in [0.4, 0.5) is 10.1 Å². The molecule has 118 valence electrons. The normalized spacial score (nSPS) is 18.0. The lowest BCUT2D eigenvalue weighted by Gasteiger charge is -2.33. The van der Waals surface area contributed by atoms with Gasteiger partial charge in [0.25, 0.3) is 0 Å². The Morgan fingerprint density at radius 2 is 1.90 bits per heavy atom. The van der Waals surface area contributed by atoms with Crippen molar-refractivity contribution in [2.75, 3.05) is 45.1 Å². The van der Waals surface area contributed by atoms with E-state index in [-0.39, 0.29) is 22.8 Å². The van der Waals surface area contributed by atoms with Gasteiger partial charge >= 0.3 is 0 Å². The number of nitrogens with two attached hydrogens (primary N) is 1. The zero-order chi connectivity index (χ0) is 15.6. The Bertz CT molecular complexity index is 590. The third-order valence-electron chi connectivity index (χ3n) is 3.64. The first-order chi connectivity index (χ1) is 9.86. The monoisotopic (exact) mass is 317 g/mol. The topological polar surface area (TPSA) is 86.9 Å². The molecule has 1 heterocycles. The van der Waals surface area contributed by atoms with Crippen molar-refractivity contribution >= 4 is 15.7 Å². The zero-order valence-corrected chi connectivity index (χ0v) is 12.7. The number of aryl methyl sites for hydroxylation is 1. The van der Waals surface area contributed by atoms with Crippen LogP contribution in [0, 0.1) is 12.7 Å². The highest BCUT2D eigenvalue weighted by atomic mass is 32.2. The van der Waals surface area contributed by atoms with Crippen molar-refractivity contribution in [1.29, 1.82) is 0 Å². The van der Waals surface area contributed by atoms with Crippen LogP contribution in [-0.2, 0) is 10.0 Å². The lowest BCUT2D eigenvalue weighted by atomic mass is 10.2. The molecule has 3 N–H and O–H groups in total. The summed E-state index contributed by atoms with van der Waals surface area (Å²) in [6, 6.07) is 2.47. The molecule has 0 aromatic heterocycles. The van der Waals surface area contributed by atoms with Gasteiger partial charge < -0.3 is 10.8 Å². The van der Waals surface area contributed by atoms with Gasteiger partial charge in [-0.1, -0.05) is 0 Å². The fraction of sp³-hybridized carbons (Fsp3) is 0.538. The van der Waals surface area contributed by atoms with Crippen molar-refractivity contribution < 1.29 is 17.9 Å². The van der Waals surface area contributed by atoms with E-state index in [1.54, 1.807) is 0 Å². The lowest BCUT2D eigenvalue weighted by Crippen LogP contribution is -2.49. The molecule has 0 bridgehead atoms. The average Bonchev–Trinajstić information content (AvgIpc) is 2.45. The molecule has 1 aliphatic heterocycles. The lowest BCUT2D eigenvalue weighted by molar-refractivity contribution is 0.151. The van der Waals surface area contributed by atoms with Crippen LogP contribution in [0.25, 0.3) is 0 Å². The number of halogens is 1. The third kappa shape index (κ3) is 3.34. The minimum atomic E-state index is -3.66. The number of nitrogen functional groups attached to an aromatic ring is 1. The summed E-state index contributed by atoms with van der Waals surface area (Å²) < 4.78 is 40.0. The number of anilines is 1. The maximum Gasteiger partial charge on any atom is 0.243 e. The first-order valence-electron chi connectivity index (χ1n) is 6.75. The molecule has 0 radical (unpaired) electrons. The summed E-state index contributed by atoms with van der Waals surface area (Å²) in [6.45, 7) is 3.91. The Morgan fingerprint density at radius 3 is 2.43 bits per heavy atom. The van der Waals surface area contributed by atoms with E-state index in [2.05, 4.69) is 0 Å². The van der Waals surface area contributed by atoms with Crippen molar-refractivity contribution in [3.8, 4) is 0 Å². The Labute approximate surface area is 124 Å². The van der Waals surface area contributed by atoms with E-state index in [0.717, 1.165) is 6.07 Å². The van der Waals surface area contributed by atoms with E-state index in [9.17, 15) is 12.8 Å². The molecule has 1 fully saturated rings. The summed E-state index contributed by atoms with van der Waals surface area (Å²) in [7, 11) is -3.66. The Morgan fingerprint density at radius 1 is 1.29 bits per heavy atom. The number of rotatable bonds is 4. The van der Waals surface area contributed by atoms with Crippen LogP contribution in [0.5, 0.6) is 0 Å². The van der Waals surface area contributed by atoms with Crippen LogP contribution in [0.3, 0.4) is 0 Å². The minimum absolute atomic E-state index is 0.0227. The highest BCUT2D eigenvalue weighted by molar-refractivity contribution is 7.89. The van der Waals surface area contributed by atoms with Crippen LogP contribution in [0.1, 0.15) is 5.56 Å². The van der Waals surface area contributed by atoms with Crippen LogP contribution in [0.15, 0.2) is 17.0 Å². The van der Waals surface area contributed by atoms with Crippen LogP contribution < -0.4 is 5.73 Å². The minimum Gasteiger partial charge on any atom is -0.396 e. The maximum atomic E-state index is 13.5. The maximum absolute atomic E-state index is 13.5. The summed E-state index contributed by atoms with van der Waals surface area (Å²) in [6.07, 6.45) is 0. The molecule has 1 aromatic rings. The van der Waals surface area contributed by atoms with Gasteiger partial charge in [0.05, 0.1) is 17.2 Å². The van der Waals surface area contributed by atoms with Gasteiger partial charge in [0, 0.05) is 32.7 Å². The molecular weight excluding hydrogens is 297 g/mol. The predicted molar refractivity (Wildman–Crippen MR) is 77.8 cm³/mol. The third-order valence-corrected chi connectivity index (χ3v) is 5.52. The van der Waals surface area contributed by atoms with Gasteiger partial charge in [0.1, 0.15) is 5.82 Å². The van der Waals surface area contributed by atoms with Crippen molar-refractivity contribution in [2.24, 2.45) is 0 Å². The number of hydrogen-bond donors (Lipinski definition) is 2. The average molecular weight is 317 g/mol. The van der Waals surface area contributed by atoms with E-state index >= 15 is 0 Å². The van der Waals surface area contributed by atoms with Gasteiger partial charge in [-0.3, -0.25) is 4.90 Å². The highest BCUT2D eigenvalue weighted by Crippen LogP contribution is 2.24. The number of piperazine rings is 1. The number of nitrogens with zero attached hydrogens (tertiary/aromatic N) is 2. The zero-order valence-electron chi connectivity index (χ0n) is 11.9. The largest absolute Gasteiger partial charge is 0.396 e. The van der Waals surface area contributed by atoms with Gasteiger partial charge in [0.15, 0.2) is 0 Å². The quantitative estimate of drug-likeness (QED) is 0.764. The first-order valence-corrected chi connectivity index (χ1v) is 8.19. The van der Waals surface area contributed by atoms with Crippen molar-refractivity contribution in [1.82, 2.24) is 9.21 Å². The molecule has 8 heteroatoms. The van der Waals surface area contributed by atoms with Crippen LogP contribution >= 0.6 is 0 Å². The van der Waals surface area contributed by atoms with Crippen LogP contribution in [-0.4, -0.2) is 62.1 Å². The number of β-amino-alcohol motifs (C(OH)–C–C–N with tert-alkyl or cyclic N) is 1. The summed E-state index contributed by atoms with van der Waals surface area (Å²) >= 11 is 0. The molecule has 1 aliphatic rings. The standard InChI is InChI=1S/C13H20FN3O3S/c1-10-8-11(9-12(15)13(10)14)21(19,20)17-4-2-16(3-5-17)6-7-18/h8-9,18H,2-7,15H2,1H3. The second-order valence-electron chi connectivity index (χ2n) is 5.11. The second kappa shape index (κ2) is 6.27. The van der Waals surface area contributed by atoms with Crippen molar-refractivity contribution in [2.45, 2.75) is 11.8 Å². The molecule has 21 heavy (non-hydrogen) atoms. The fourth-order valence-corrected chi connectivity index (χ4v) is 3.94. The van der Waals surface area contributed by atoms with Gasteiger partial charge in [-0.15, -0.1) is 0 Å². The molecule has 0 atom stereocenters. The van der Waals surface area contributed by atoms with Crippen molar-refractivity contribution in [3.05, 3.63) is 23.5 Å². The van der Waals surface area contributed by atoms with Gasteiger partial charge in [0.2, 0.25) is 10.0 Å². The number of aliphatic hydroxyl groups is 1. The first kappa shape index (κ1) is 16.2. The fourth-order valence-electron chi connectivity index (χ4n) is 2.40. The smallest absolute Gasteiger partial charge is 0.243 e. The van der Waals surface area contributed by atoms with E-state index in [0.29, 0.717) is 32.7 Å². The van der Waals surface area contributed by atoms with E-state index < -0.39 is 15.8 Å². The molecule has 1 aromatic carbocycles. The Hall–Kier alpha value is -1.22. The molecular formula is C13H20FN3O3S. The van der Waals surface area contributed by atoms with E-state index in [1.165, 1.54) is 17.3 Å². The Balaban J connectivity index is 2.20. The van der Waals surface area contributed by atoms with Crippen molar-refractivity contribution in [3.63, 3.8) is 0 Å². The summed E-state index contributed by atoms with van der Waals surface area (Å²) in [5.74, 6) is -0.582. The molecule has 0 spiro atoms. The molecule has 0 unspecified atom stereocenters. The number of aliphatic hydroxyl groups excluding tert-OH is 1. The molecule has 2 rings (SSSR count). The second-order valence-corrected chi connectivity index (χ2v) is 7.05. The number of sulfonamides is 1. The SMILES string of the molecule is Cc1cc(S(=O)(=O)N2CCN(CCO)CC2)cc(N)c1F.